The van der Waals surface area contributed by atoms with Crippen molar-refractivity contribution in [2.75, 3.05) is 0 Å². The molecule has 0 aromatic heterocycles. The largest absolute Gasteiger partial charge is 0.483 e. The van der Waals surface area contributed by atoms with Crippen LogP contribution < -0.4 is 0 Å². The summed E-state index contributed by atoms with van der Waals surface area (Å²) in [4.78, 5) is 33.4. The van der Waals surface area contributed by atoms with Gasteiger partial charge in [-0.05, 0) is 0 Å². The number of carboxylic acid groups (broad SMARTS) is 4. The van der Waals surface area contributed by atoms with Gasteiger partial charge in [-0.1, -0.05) is 0 Å². The van der Waals surface area contributed by atoms with Gasteiger partial charge in [0, 0.05) is 34.1 Å². The van der Waals surface area contributed by atoms with Crippen molar-refractivity contribution in [2.45, 2.75) is 0 Å². The molecule has 0 aromatic rings. The average Bonchev–Trinajstić information content (AvgIpc) is 1.92. The first-order valence-corrected chi connectivity index (χ1v) is 1.98. The van der Waals surface area contributed by atoms with Gasteiger partial charge in [-0.2, -0.15) is 0 Å². The zero-order chi connectivity index (χ0) is 10.8. The van der Waals surface area contributed by atoms with Crippen LogP contribution in [-0.2, 0) is 53.3 Å². The zero-order valence-electron chi connectivity index (χ0n) is 6.33. The molecule has 0 aromatic carbocycles. The summed E-state index contributed by atoms with van der Waals surface area (Å²) in [5.41, 5.74) is 0. The first-order chi connectivity index (χ1) is 5.66. The molecule has 0 heterocycles. The van der Waals surface area contributed by atoms with E-state index in [9.17, 15) is 0 Å². The molecule has 8 nitrogen and oxygen atoms in total. The normalized spacial score (nSPS) is 3.43. The molecule has 4 N–H and O–H groups in total. The fraction of sp³-hybridized carbons (Fsp3) is 0. The molecule has 0 unspecified atom stereocenters. The molecule has 0 fully saturated rings. The van der Waals surface area contributed by atoms with Gasteiger partial charge in [-0.3, -0.25) is 19.2 Å². The van der Waals surface area contributed by atoms with Crippen molar-refractivity contribution in [3.63, 3.8) is 0 Å². The van der Waals surface area contributed by atoms with E-state index in [0.717, 1.165) is 0 Å². The Morgan fingerprint density at radius 3 is 0.500 bits per heavy atom. The summed E-state index contributed by atoms with van der Waals surface area (Å²) in [6, 6.07) is 0. The first-order valence-electron chi connectivity index (χ1n) is 1.98. The summed E-state index contributed by atoms with van der Waals surface area (Å²) in [5.74, 6) is 0. The Kier molecular flexibility index (Phi) is 457. The SMILES string of the molecule is O=CO.O=CO.O=CO.O=CO.[Cu].[Cu]. The van der Waals surface area contributed by atoms with Crippen molar-refractivity contribution in [1.29, 1.82) is 0 Å². The van der Waals surface area contributed by atoms with Crippen molar-refractivity contribution in [2.24, 2.45) is 0 Å². The van der Waals surface area contributed by atoms with E-state index < -0.39 is 0 Å². The van der Waals surface area contributed by atoms with E-state index in [4.69, 9.17) is 39.6 Å². The number of carbonyl (C=O) groups is 4. The zero-order valence-corrected chi connectivity index (χ0v) is 8.22. The van der Waals surface area contributed by atoms with Crippen LogP contribution >= 0.6 is 0 Å². The molecule has 0 saturated heterocycles. The van der Waals surface area contributed by atoms with Gasteiger partial charge in [0.05, 0.1) is 0 Å². The van der Waals surface area contributed by atoms with Crippen molar-refractivity contribution < 1.29 is 73.7 Å². The molecule has 0 rings (SSSR count). The maximum Gasteiger partial charge on any atom is 0.290 e. The van der Waals surface area contributed by atoms with Crippen LogP contribution in [0.5, 0.6) is 0 Å². The van der Waals surface area contributed by atoms with Crippen molar-refractivity contribution in [3.8, 4) is 0 Å². The molecule has 0 aliphatic heterocycles. The van der Waals surface area contributed by atoms with Gasteiger partial charge in [-0.15, -0.1) is 0 Å². The molecule has 0 spiro atoms. The fourth-order valence-electron chi connectivity index (χ4n) is 0. The number of hydrogen-bond donors (Lipinski definition) is 4. The quantitative estimate of drug-likeness (QED) is 0.322. The summed E-state index contributed by atoms with van der Waals surface area (Å²) in [6.07, 6.45) is 0. The van der Waals surface area contributed by atoms with E-state index in [1.165, 1.54) is 0 Å². The molecule has 14 heavy (non-hydrogen) atoms. The molecular formula is C4H8Cu2O8. The second-order valence-corrected chi connectivity index (χ2v) is 0.422. The molecule has 0 atom stereocenters. The van der Waals surface area contributed by atoms with Crippen LogP contribution in [0.3, 0.4) is 0 Å². The summed E-state index contributed by atoms with van der Waals surface area (Å²) in [6.45, 7) is -1.00. The van der Waals surface area contributed by atoms with Crippen LogP contribution in [0.25, 0.3) is 0 Å². The Bertz CT molecular complexity index is 73.3. The van der Waals surface area contributed by atoms with Crippen molar-refractivity contribution in [3.05, 3.63) is 0 Å². The maximum absolute atomic E-state index is 8.36. The van der Waals surface area contributed by atoms with Crippen molar-refractivity contribution >= 4 is 25.9 Å². The van der Waals surface area contributed by atoms with Crippen LogP contribution in [0.1, 0.15) is 0 Å². The molecule has 0 bridgehead atoms. The standard InChI is InChI=1S/4CH2O2.2Cu/c4*2-1-3;;/h4*1H,(H,2,3);;. The molecule has 0 amide bonds. The molecular weight excluding hydrogens is 303 g/mol. The summed E-state index contributed by atoms with van der Waals surface area (Å²) < 4.78 is 0. The third-order valence-electron chi connectivity index (χ3n) is 0. The van der Waals surface area contributed by atoms with Crippen LogP contribution in [0.4, 0.5) is 0 Å². The average molecular weight is 311 g/mol. The third kappa shape index (κ3) is 919. The van der Waals surface area contributed by atoms with Gasteiger partial charge in [-0.25, -0.2) is 0 Å². The van der Waals surface area contributed by atoms with E-state index in [0.29, 0.717) is 0 Å². The molecule has 94 valence electrons. The monoisotopic (exact) mass is 310 g/mol. The Labute approximate surface area is 99.9 Å². The molecule has 10 heteroatoms. The molecule has 0 aliphatic carbocycles. The predicted octanol–water partition coefficient (Wildman–Crippen LogP) is -1.20. The van der Waals surface area contributed by atoms with E-state index in [2.05, 4.69) is 0 Å². The molecule has 0 saturated carbocycles. The summed E-state index contributed by atoms with van der Waals surface area (Å²) >= 11 is 0. The van der Waals surface area contributed by atoms with Gasteiger partial charge in [0.15, 0.2) is 0 Å². The molecule has 0 aliphatic rings. The van der Waals surface area contributed by atoms with Gasteiger partial charge in [0.1, 0.15) is 0 Å². The van der Waals surface area contributed by atoms with Crippen molar-refractivity contribution in [1.82, 2.24) is 0 Å². The Morgan fingerprint density at radius 2 is 0.500 bits per heavy atom. The number of rotatable bonds is 0. The van der Waals surface area contributed by atoms with Crippen LogP contribution in [-0.4, -0.2) is 46.3 Å². The minimum absolute atomic E-state index is 0. The van der Waals surface area contributed by atoms with E-state index in [1.54, 1.807) is 0 Å². The third-order valence-corrected chi connectivity index (χ3v) is 0. The fourth-order valence-corrected chi connectivity index (χ4v) is 0. The van der Waals surface area contributed by atoms with Crippen LogP contribution in [0, 0.1) is 0 Å². The minimum atomic E-state index is -0.250. The Hall–Kier alpha value is -1.08. The van der Waals surface area contributed by atoms with Crippen LogP contribution in [0.15, 0.2) is 0 Å². The van der Waals surface area contributed by atoms with Gasteiger partial charge in [0.2, 0.25) is 0 Å². The van der Waals surface area contributed by atoms with Crippen LogP contribution in [0.2, 0.25) is 0 Å². The second-order valence-electron chi connectivity index (χ2n) is 0.422. The predicted molar refractivity (Wildman–Crippen MR) is 34.8 cm³/mol. The Morgan fingerprint density at radius 1 is 0.500 bits per heavy atom. The summed E-state index contributed by atoms with van der Waals surface area (Å²) in [5, 5.41) is 27.6. The molecule has 2 radical (unpaired) electrons. The topological polar surface area (TPSA) is 149 Å². The minimum Gasteiger partial charge on any atom is -0.483 e. The van der Waals surface area contributed by atoms with Gasteiger partial charge < -0.3 is 20.4 Å². The second kappa shape index (κ2) is 167. The van der Waals surface area contributed by atoms with E-state index in [-0.39, 0.29) is 60.0 Å². The van der Waals surface area contributed by atoms with Gasteiger partial charge >= 0.3 is 0 Å². The number of hydrogen-bond acceptors (Lipinski definition) is 4. The van der Waals surface area contributed by atoms with E-state index in [1.807, 2.05) is 0 Å². The smallest absolute Gasteiger partial charge is 0.290 e. The summed E-state index contributed by atoms with van der Waals surface area (Å²) in [7, 11) is 0. The van der Waals surface area contributed by atoms with E-state index >= 15 is 0 Å². The Balaban J connectivity index is -0.0000000145. The van der Waals surface area contributed by atoms with Gasteiger partial charge in [0.25, 0.3) is 25.9 Å². The first kappa shape index (κ1) is 38.3. The maximum atomic E-state index is 8.36.